The number of fused-ring (bicyclic) bond motifs is 3. The largest absolute Gasteiger partial charge is 0.349 e. The second-order valence-corrected chi connectivity index (χ2v) is 8.46. The van der Waals surface area contributed by atoms with Gasteiger partial charge in [0.25, 0.3) is 5.56 Å². The van der Waals surface area contributed by atoms with Gasteiger partial charge < -0.3 is 4.98 Å². The van der Waals surface area contributed by atoms with E-state index in [4.69, 9.17) is 0 Å². The minimum Gasteiger partial charge on any atom is -0.349 e. The van der Waals surface area contributed by atoms with Gasteiger partial charge in [-0.15, -0.1) is 0 Å². The third-order valence-corrected chi connectivity index (χ3v) is 5.85. The Morgan fingerprint density at radius 1 is 1.40 bits per heavy atom. The van der Waals surface area contributed by atoms with Crippen LogP contribution in [0.1, 0.15) is 46.5 Å². The van der Waals surface area contributed by atoms with Crippen LogP contribution >= 0.6 is 0 Å². The van der Waals surface area contributed by atoms with Gasteiger partial charge in [-0.2, -0.15) is 9.78 Å². The summed E-state index contributed by atoms with van der Waals surface area (Å²) < 4.78 is 14.8. The van der Waals surface area contributed by atoms with Gasteiger partial charge in [-0.1, -0.05) is 30.2 Å². The monoisotopic (exact) mass is 406 g/mol. The summed E-state index contributed by atoms with van der Waals surface area (Å²) >= 11 is 0. The van der Waals surface area contributed by atoms with Crippen molar-refractivity contribution >= 4 is 28.2 Å². The van der Waals surface area contributed by atoms with E-state index in [1.54, 1.807) is 6.07 Å². The van der Waals surface area contributed by atoms with Gasteiger partial charge in [-0.3, -0.25) is 4.79 Å². The molecule has 4 rings (SSSR count). The van der Waals surface area contributed by atoms with Crippen LogP contribution in [-0.2, 0) is 0 Å². The molecule has 0 bridgehead atoms. The minimum absolute atomic E-state index is 0.283. The lowest BCUT2D eigenvalue weighted by molar-refractivity contribution is 0.429. The van der Waals surface area contributed by atoms with Gasteiger partial charge >= 0.3 is 0 Å². The van der Waals surface area contributed by atoms with Gasteiger partial charge in [0, 0.05) is 23.0 Å². The summed E-state index contributed by atoms with van der Waals surface area (Å²) in [6.45, 7) is 6.50. The summed E-state index contributed by atoms with van der Waals surface area (Å²) in [7, 11) is 0. The maximum absolute atomic E-state index is 13.6. The third kappa shape index (κ3) is 4.13. The molecular weight excluding hydrogens is 379 g/mol. The van der Waals surface area contributed by atoms with Crippen molar-refractivity contribution < 1.29 is 4.39 Å². The molecule has 1 aromatic carbocycles. The van der Waals surface area contributed by atoms with Gasteiger partial charge in [-0.25, -0.2) is 9.37 Å². The number of hydrogen-bond acceptors (Lipinski definition) is 3. The molecule has 2 unspecified atom stereocenters. The number of nitrogens with zero attached hydrogens (tertiary/aromatic N) is 3. The number of aromatic amines is 1. The Kier molecular flexibility index (Phi) is 5.66. The van der Waals surface area contributed by atoms with Gasteiger partial charge in [0.1, 0.15) is 23.2 Å². The lowest BCUT2D eigenvalue weighted by Gasteiger charge is -2.25. The maximum Gasteiger partial charge on any atom is 0.298 e. The fraction of sp³-hybridized carbons (Fsp3) is 0.375. The normalized spacial score (nSPS) is 19.5. The molecule has 0 radical (unpaired) electrons. The fourth-order valence-corrected chi connectivity index (χ4v) is 4.10. The zero-order valence-corrected chi connectivity index (χ0v) is 17.7. The Bertz CT molecular complexity index is 1230. The first-order valence-electron chi connectivity index (χ1n) is 10.5. The Morgan fingerprint density at radius 3 is 3.00 bits per heavy atom. The third-order valence-electron chi connectivity index (χ3n) is 5.85. The van der Waals surface area contributed by atoms with Crippen molar-refractivity contribution in [2.75, 3.05) is 0 Å². The van der Waals surface area contributed by atoms with E-state index >= 15 is 0 Å². The summed E-state index contributed by atoms with van der Waals surface area (Å²) in [5.74, 6) is 0.410. The fourth-order valence-electron chi connectivity index (χ4n) is 4.10. The molecule has 0 saturated carbocycles. The Hall–Kier alpha value is -3.02. The Balaban J connectivity index is 1.53. The lowest BCUT2D eigenvalue weighted by Crippen LogP contribution is -2.21. The van der Waals surface area contributed by atoms with Crippen molar-refractivity contribution in [1.29, 1.82) is 0 Å². The van der Waals surface area contributed by atoms with Crippen LogP contribution in [0.3, 0.4) is 0 Å². The molecule has 1 aliphatic rings. The lowest BCUT2D eigenvalue weighted by atomic mass is 9.80. The van der Waals surface area contributed by atoms with Gasteiger partial charge in [0.05, 0.1) is 0 Å². The molecule has 2 atom stereocenters. The summed E-state index contributed by atoms with van der Waals surface area (Å²) in [4.78, 5) is 20.2. The highest BCUT2D eigenvalue weighted by Crippen LogP contribution is 2.30. The number of benzene rings is 1. The molecule has 6 heteroatoms. The van der Waals surface area contributed by atoms with Crippen molar-refractivity contribution in [1.82, 2.24) is 14.6 Å². The van der Waals surface area contributed by atoms with E-state index in [0.717, 1.165) is 25.7 Å². The summed E-state index contributed by atoms with van der Waals surface area (Å²) in [6, 6.07) is 4.37. The van der Waals surface area contributed by atoms with E-state index in [1.165, 1.54) is 34.3 Å². The van der Waals surface area contributed by atoms with E-state index in [0.29, 0.717) is 27.9 Å². The molecule has 30 heavy (non-hydrogen) atoms. The smallest absolute Gasteiger partial charge is 0.298 e. The molecule has 2 heterocycles. The molecule has 2 aromatic heterocycles. The first kappa shape index (κ1) is 20.3. The van der Waals surface area contributed by atoms with E-state index in [9.17, 15) is 9.18 Å². The second-order valence-electron chi connectivity index (χ2n) is 8.46. The highest BCUT2D eigenvalue weighted by Gasteiger charge is 2.20. The molecular formula is C24H27FN4O. The van der Waals surface area contributed by atoms with Crippen LogP contribution < -0.4 is 5.56 Å². The van der Waals surface area contributed by atoms with Gasteiger partial charge in [0.2, 0.25) is 0 Å². The van der Waals surface area contributed by atoms with Crippen molar-refractivity contribution in [3.63, 3.8) is 0 Å². The van der Waals surface area contributed by atoms with Gasteiger partial charge in [-0.05, 0) is 63.6 Å². The highest BCUT2D eigenvalue weighted by atomic mass is 19.1. The van der Waals surface area contributed by atoms with E-state index in [1.807, 2.05) is 6.21 Å². The molecule has 1 aliphatic carbocycles. The molecule has 0 saturated heterocycles. The van der Waals surface area contributed by atoms with Crippen LogP contribution in [-0.4, -0.2) is 20.9 Å². The summed E-state index contributed by atoms with van der Waals surface area (Å²) in [5.41, 5.74) is 4.08. The SMILES string of the molecule is CC(C)=CCCC1=CCC(/C=N/n2cnc3c([nH]c4ccc(F)cc43)c2=O)C(C)C1. The molecule has 0 aliphatic heterocycles. The average Bonchev–Trinajstić information content (AvgIpc) is 3.07. The number of rotatable bonds is 5. The molecule has 3 aromatic rings. The van der Waals surface area contributed by atoms with Gasteiger partial charge in [0.15, 0.2) is 0 Å². The zero-order chi connectivity index (χ0) is 21.3. The number of nitrogens with one attached hydrogen (secondary N) is 1. The van der Waals surface area contributed by atoms with Crippen LogP contribution in [0.5, 0.6) is 0 Å². The highest BCUT2D eigenvalue weighted by molar-refractivity contribution is 6.04. The number of allylic oxidation sites excluding steroid dienone is 4. The average molecular weight is 407 g/mol. The Labute approximate surface area is 175 Å². The minimum atomic E-state index is -0.355. The van der Waals surface area contributed by atoms with Crippen LogP contribution in [0.15, 0.2) is 57.7 Å². The number of aromatic nitrogens is 3. The van der Waals surface area contributed by atoms with Crippen molar-refractivity contribution in [2.45, 2.75) is 46.5 Å². The predicted molar refractivity (Wildman–Crippen MR) is 120 cm³/mol. The molecule has 0 spiro atoms. The first-order chi connectivity index (χ1) is 14.4. The van der Waals surface area contributed by atoms with Crippen LogP contribution in [0.2, 0.25) is 0 Å². The van der Waals surface area contributed by atoms with E-state index in [-0.39, 0.29) is 17.3 Å². The topological polar surface area (TPSA) is 63.0 Å². The summed E-state index contributed by atoms with van der Waals surface area (Å²) in [5, 5.41) is 5.01. The molecule has 1 N–H and O–H groups in total. The second kappa shape index (κ2) is 8.38. The number of hydrogen-bond donors (Lipinski definition) is 1. The molecule has 5 nitrogen and oxygen atoms in total. The molecule has 0 amide bonds. The Morgan fingerprint density at radius 2 is 2.23 bits per heavy atom. The molecule has 156 valence electrons. The van der Waals surface area contributed by atoms with Crippen LogP contribution in [0.4, 0.5) is 4.39 Å². The predicted octanol–water partition coefficient (Wildman–Crippen LogP) is 5.57. The standard InChI is InChI=1S/C24H27FN4O/c1-15(2)5-4-6-17-7-8-18(16(3)11-17)13-27-29-14-26-22-20-12-19(25)9-10-21(20)28-23(22)24(29)30/h5,7,9-10,12-14,16,18,28H,4,6,8,11H2,1-3H3/b27-13+. The van der Waals surface area contributed by atoms with E-state index in [2.05, 4.69) is 48.0 Å². The number of halogens is 1. The van der Waals surface area contributed by atoms with Crippen molar-refractivity contribution in [3.05, 3.63) is 64.0 Å². The van der Waals surface area contributed by atoms with Crippen molar-refractivity contribution in [2.24, 2.45) is 16.9 Å². The van der Waals surface area contributed by atoms with E-state index < -0.39 is 0 Å². The maximum atomic E-state index is 13.6. The quantitative estimate of drug-likeness (QED) is 0.445. The van der Waals surface area contributed by atoms with Crippen molar-refractivity contribution in [3.8, 4) is 0 Å². The number of H-pyrrole nitrogens is 1. The van der Waals surface area contributed by atoms with Crippen LogP contribution in [0, 0.1) is 17.7 Å². The van der Waals surface area contributed by atoms with Crippen LogP contribution in [0.25, 0.3) is 21.9 Å². The first-order valence-corrected chi connectivity index (χ1v) is 10.5. The summed E-state index contributed by atoms with van der Waals surface area (Å²) in [6.07, 6.45) is 12.1. The zero-order valence-electron chi connectivity index (χ0n) is 17.7. The molecule has 0 fully saturated rings.